The second kappa shape index (κ2) is 6.89. The van der Waals surface area contributed by atoms with Gasteiger partial charge < -0.3 is 5.11 Å². The van der Waals surface area contributed by atoms with Crippen LogP contribution in [0.2, 0.25) is 0 Å². The maximum Gasteiger partial charge on any atom is 0.324 e. The SMILES string of the molecule is Cc1ccc(S(=O)(=O)N(CC(=O)O)c2cc([N+](=O)[O-])ccc2C)cc1. The number of nitro benzene ring substituents is 1. The molecule has 0 fully saturated rings. The van der Waals surface area contributed by atoms with Crippen LogP contribution in [0.5, 0.6) is 0 Å². The van der Waals surface area contributed by atoms with E-state index in [-0.39, 0.29) is 16.3 Å². The Kier molecular flexibility index (Phi) is 5.07. The number of sulfonamides is 1. The van der Waals surface area contributed by atoms with Gasteiger partial charge in [-0.15, -0.1) is 0 Å². The van der Waals surface area contributed by atoms with Crippen molar-refractivity contribution in [2.24, 2.45) is 0 Å². The van der Waals surface area contributed by atoms with Crippen LogP contribution in [-0.4, -0.2) is 31.0 Å². The number of aliphatic carboxylic acids is 1. The normalized spacial score (nSPS) is 11.1. The summed E-state index contributed by atoms with van der Waals surface area (Å²) in [4.78, 5) is 21.4. The number of aryl methyl sites for hydroxylation is 2. The Labute approximate surface area is 144 Å². The van der Waals surface area contributed by atoms with Crippen LogP contribution in [0.1, 0.15) is 11.1 Å². The van der Waals surface area contributed by atoms with E-state index in [4.69, 9.17) is 5.11 Å². The second-order valence-electron chi connectivity index (χ2n) is 5.45. The summed E-state index contributed by atoms with van der Waals surface area (Å²) in [5.41, 5.74) is 0.880. The first-order valence-electron chi connectivity index (χ1n) is 7.19. The van der Waals surface area contributed by atoms with Gasteiger partial charge in [-0.1, -0.05) is 23.8 Å². The number of non-ortho nitro benzene ring substituents is 1. The van der Waals surface area contributed by atoms with E-state index in [1.807, 2.05) is 0 Å². The van der Waals surface area contributed by atoms with Crippen LogP contribution in [0.3, 0.4) is 0 Å². The number of carboxylic acid groups (broad SMARTS) is 1. The average molecular weight is 364 g/mol. The van der Waals surface area contributed by atoms with Crippen molar-refractivity contribution in [1.82, 2.24) is 0 Å². The van der Waals surface area contributed by atoms with Gasteiger partial charge in [0.25, 0.3) is 15.7 Å². The van der Waals surface area contributed by atoms with Gasteiger partial charge in [-0.25, -0.2) is 8.42 Å². The van der Waals surface area contributed by atoms with Crippen LogP contribution in [0, 0.1) is 24.0 Å². The van der Waals surface area contributed by atoms with Crippen molar-refractivity contribution in [2.45, 2.75) is 18.7 Å². The van der Waals surface area contributed by atoms with E-state index in [0.717, 1.165) is 11.6 Å². The van der Waals surface area contributed by atoms with Crippen LogP contribution in [-0.2, 0) is 14.8 Å². The lowest BCUT2D eigenvalue weighted by atomic mass is 10.2. The molecule has 0 saturated heterocycles. The summed E-state index contributed by atoms with van der Waals surface area (Å²) in [6.07, 6.45) is 0. The van der Waals surface area contributed by atoms with E-state index in [1.165, 1.54) is 24.3 Å². The molecule has 0 unspecified atom stereocenters. The number of carboxylic acids is 1. The molecule has 1 N–H and O–H groups in total. The zero-order valence-corrected chi connectivity index (χ0v) is 14.4. The average Bonchev–Trinajstić information content (AvgIpc) is 2.53. The first kappa shape index (κ1) is 18.4. The number of hydrogen-bond donors (Lipinski definition) is 1. The van der Waals surface area contributed by atoms with E-state index in [9.17, 15) is 23.3 Å². The smallest absolute Gasteiger partial charge is 0.324 e. The number of benzene rings is 2. The van der Waals surface area contributed by atoms with E-state index in [1.54, 1.807) is 26.0 Å². The zero-order chi connectivity index (χ0) is 18.8. The van der Waals surface area contributed by atoms with Gasteiger partial charge in [0.2, 0.25) is 0 Å². The molecule has 0 aliphatic rings. The number of nitrogens with zero attached hydrogens (tertiary/aromatic N) is 2. The molecule has 0 spiro atoms. The van der Waals surface area contributed by atoms with Gasteiger partial charge in [-0.3, -0.25) is 19.2 Å². The van der Waals surface area contributed by atoms with Crippen LogP contribution < -0.4 is 4.31 Å². The minimum atomic E-state index is -4.20. The molecule has 2 aromatic rings. The third kappa shape index (κ3) is 3.94. The number of anilines is 1. The molecule has 25 heavy (non-hydrogen) atoms. The van der Waals surface area contributed by atoms with E-state index in [0.29, 0.717) is 9.87 Å². The first-order chi connectivity index (χ1) is 11.6. The molecule has 0 heterocycles. The van der Waals surface area contributed by atoms with Crippen LogP contribution in [0.4, 0.5) is 11.4 Å². The Balaban J connectivity index is 2.64. The molecule has 0 aromatic heterocycles. The predicted molar refractivity (Wildman–Crippen MR) is 91.2 cm³/mol. The monoisotopic (exact) mass is 364 g/mol. The molecular weight excluding hydrogens is 348 g/mol. The molecule has 2 aromatic carbocycles. The van der Waals surface area contributed by atoms with Crippen LogP contribution in [0.15, 0.2) is 47.4 Å². The summed E-state index contributed by atoms with van der Waals surface area (Å²) in [5.74, 6) is -1.37. The maximum absolute atomic E-state index is 12.9. The molecule has 0 saturated carbocycles. The van der Waals surface area contributed by atoms with Crippen molar-refractivity contribution in [1.29, 1.82) is 0 Å². The van der Waals surface area contributed by atoms with Crippen molar-refractivity contribution in [3.8, 4) is 0 Å². The highest BCUT2D eigenvalue weighted by Crippen LogP contribution is 2.30. The standard InChI is InChI=1S/C16H16N2O6S/c1-11-3-7-14(8-4-11)25(23,24)17(10-16(19)20)15-9-13(18(21)22)6-5-12(15)2/h3-9H,10H2,1-2H3,(H,19,20). The highest BCUT2D eigenvalue weighted by Gasteiger charge is 2.29. The molecule has 132 valence electrons. The third-order valence-electron chi connectivity index (χ3n) is 3.56. The fourth-order valence-electron chi connectivity index (χ4n) is 2.24. The number of carbonyl (C=O) groups is 1. The molecule has 9 heteroatoms. The van der Waals surface area contributed by atoms with Gasteiger partial charge in [0.15, 0.2) is 0 Å². The maximum atomic E-state index is 12.9. The van der Waals surface area contributed by atoms with Gasteiger partial charge in [0.05, 0.1) is 15.5 Å². The second-order valence-corrected chi connectivity index (χ2v) is 7.31. The molecule has 2 rings (SSSR count). The summed E-state index contributed by atoms with van der Waals surface area (Å²) in [7, 11) is -4.20. The van der Waals surface area contributed by atoms with Gasteiger partial charge >= 0.3 is 5.97 Å². The molecule has 0 bridgehead atoms. The van der Waals surface area contributed by atoms with Crippen LogP contribution in [0.25, 0.3) is 0 Å². The summed E-state index contributed by atoms with van der Waals surface area (Å²) in [5, 5.41) is 20.1. The Morgan fingerprint density at radius 3 is 2.28 bits per heavy atom. The van der Waals surface area contributed by atoms with Gasteiger partial charge in [-0.2, -0.15) is 0 Å². The lowest BCUT2D eigenvalue weighted by molar-refractivity contribution is -0.384. The molecule has 0 radical (unpaired) electrons. The molecule has 0 aliphatic heterocycles. The summed E-state index contributed by atoms with van der Waals surface area (Å²) < 4.78 is 26.5. The fourth-order valence-corrected chi connectivity index (χ4v) is 3.71. The Morgan fingerprint density at radius 2 is 1.76 bits per heavy atom. The van der Waals surface area contributed by atoms with Crippen molar-refractivity contribution in [3.63, 3.8) is 0 Å². The van der Waals surface area contributed by atoms with Crippen molar-refractivity contribution in [2.75, 3.05) is 10.8 Å². The summed E-state index contributed by atoms with van der Waals surface area (Å²) in [6.45, 7) is 2.49. The van der Waals surface area contributed by atoms with Gasteiger partial charge in [-0.05, 0) is 31.5 Å². The van der Waals surface area contributed by atoms with Crippen molar-refractivity contribution in [3.05, 3.63) is 63.7 Å². The molecule has 8 nitrogen and oxygen atoms in total. The summed E-state index contributed by atoms with van der Waals surface area (Å²) >= 11 is 0. The lowest BCUT2D eigenvalue weighted by Gasteiger charge is -2.24. The van der Waals surface area contributed by atoms with E-state index < -0.39 is 27.5 Å². The highest BCUT2D eigenvalue weighted by molar-refractivity contribution is 7.92. The fraction of sp³-hybridized carbons (Fsp3) is 0.188. The first-order valence-corrected chi connectivity index (χ1v) is 8.63. The quantitative estimate of drug-likeness (QED) is 0.621. The zero-order valence-electron chi connectivity index (χ0n) is 13.5. The van der Waals surface area contributed by atoms with E-state index in [2.05, 4.69) is 0 Å². The van der Waals surface area contributed by atoms with Crippen molar-refractivity contribution >= 4 is 27.4 Å². The van der Waals surface area contributed by atoms with Gasteiger partial charge in [0, 0.05) is 12.1 Å². The van der Waals surface area contributed by atoms with Crippen molar-refractivity contribution < 1.29 is 23.2 Å². The molecule has 0 aliphatic carbocycles. The van der Waals surface area contributed by atoms with Crippen LogP contribution >= 0.6 is 0 Å². The third-order valence-corrected chi connectivity index (χ3v) is 5.33. The minimum absolute atomic E-state index is 0.0443. The number of hydrogen-bond acceptors (Lipinski definition) is 5. The Morgan fingerprint density at radius 1 is 1.16 bits per heavy atom. The van der Waals surface area contributed by atoms with E-state index >= 15 is 0 Å². The Bertz CT molecular complexity index is 922. The topological polar surface area (TPSA) is 118 Å². The minimum Gasteiger partial charge on any atom is -0.480 e. The summed E-state index contributed by atoms with van der Waals surface area (Å²) in [6, 6.07) is 9.59. The predicted octanol–water partition coefficient (Wildman–Crippen LogP) is 2.49. The largest absolute Gasteiger partial charge is 0.480 e. The molecule has 0 atom stereocenters. The number of nitro groups is 1. The highest BCUT2D eigenvalue weighted by atomic mass is 32.2. The number of rotatable bonds is 6. The molecular formula is C16H16N2O6S. The Hall–Kier alpha value is -2.94. The van der Waals surface area contributed by atoms with Gasteiger partial charge in [0.1, 0.15) is 6.54 Å². The molecule has 0 amide bonds. The lowest BCUT2D eigenvalue weighted by Crippen LogP contribution is -2.36.